The SMILES string of the molecule is CCN(CC)C(=S)OC(=Nc1ccc(Cl)c(Cl)c1)N(C)C. The van der Waals surface area contributed by atoms with Crippen LogP contribution in [0.15, 0.2) is 23.2 Å². The fourth-order valence-corrected chi connectivity index (χ4v) is 2.13. The van der Waals surface area contributed by atoms with Crippen molar-refractivity contribution < 1.29 is 4.74 Å². The van der Waals surface area contributed by atoms with E-state index in [9.17, 15) is 0 Å². The molecule has 0 saturated heterocycles. The number of nitrogens with zero attached hydrogens (tertiary/aromatic N) is 3. The molecule has 0 spiro atoms. The lowest BCUT2D eigenvalue weighted by Crippen LogP contribution is -2.36. The van der Waals surface area contributed by atoms with E-state index in [1.165, 1.54) is 0 Å². The van der Waals surface area contributed by atoms with Crippen molar-refractivity contribution in [1.29, 1.82) is 0 Å². The van der Waals surface area contributed by atoms with Gasteiger partial charge in [0.15, 0.2) is 0 Å². The summed E-state index contributed by atoms with van der Waals surface area (Å²) < 4.78 is 5.69. The second-order valence-electron chi connectivity index (χ2n) is 4.43. The summed E-state index contributed by atoms with van der Waals surface area (Å²) in [4.78, 5) is 8.10. The minimum Gasteiger partial charge on any atom is -0.398 e. The molecule has 7 heteroatoms. The van der Waals surface area contributed by atoms with Crippen LogP contribution in [0.1, 0.15) is 13.8 Å². The minimum atomic E-state index is 0.394. The second-order valence-corrected chi connectivity index (χ2v) is 5.59. The van der Waals surface area contributed by atoms with Gasteiger partial charge in [-0.25, -0.2) is 0 Å². The predicted molar refractivity (Wildman–Crippen MR) is 93.8 cm³/mol. The Morgan fingerprint density at radius 3 is 2.29 bits per heavy atom. The summed E-state index contributed by atoms with van der Waals surface area (Å²) in [6.45, 7) is 5.60. The molecule has 0 fully saturated rings. The van der Waals surface area contributed by atoms with Crippen molar-refractivity contribution in [3.05, 3.63) is 28.2 Å². The van der Waals surface area contributed by atoms with Crippen molar-refractivity contribution in [2.75, 3.05) is 27.2 Å². The first-order valence-electron chi connectivity index (χ1n) is 6.56. The highest BCUT2D eigenvalue weighted by Gasteiger charge is 2.13. The topological polar surface area (TPSA) is 28.1 Å². The van der Waals surface area contributed by atoms with E-state index in [-0.39, 0.29) is 0 Å². The molecule has 0 atom stereocenters. The van der Waals surface area contributed by atoms with Crippen molar-refractivity contribution in [3.63, 3.8) is 0 Å². The fraction of sp³-hybridized carbons (Fsp3) is 0.429. The van der Waals surface area contributed by atoms with E-state index < -0.39 is 0 Å². The molecule has 21 heavy (non-hydrogen) atoms. The summed E-state index contributed by atoms with van der Waals surface area (Å²) in [5, 5.41) is 1.33. The molecule has 0 aromatic heterocycles. The quantitative estimate of drug-likeness (QED) is 0.465. The number of hydrogen-bond donors (Lipinski definition) is 0. The van der Waals surface area contributed by atoms with E-state index in [1.54, 1.807) is 23.1 Å². The molecule has 1 aromatic rings. The molecule has 4 nitrogen and oxygen atoms in total. The Morgan fingerprint density at radius 1 is 1.19 bits per heavy atom. The Hall–Kier alpha value is -1.04. The molecule has 0 unspecified atom stereocenters. The predicted octanol–water partition coefficient (Wildman–Crippen LogP) is 4.19. The van der Waals surface area contributed by atoms with Crippen LogP contribution >= 0.6 is 35.4 Å². The van der Waals surface area contributed by atoms with Gasteiger partial charge in [-0.15, -0.1) is 0 Å². The fourth-order valence-electron chi connectivity index (χ4n) is 1.50. The van der Waals surface area contributed by atoms with Crippen LogP contribution in [-0.2, 0) is 4.74 Å². The van der Waals surface area contributed by atoms with Crippen molar-refractivity contribution in [3.8, 4) is 0 Å². The average Bonchev–Trinajstić information content (AvgIpc) is 2.43. The van der Waals surface area contributed by atoms with E-state index in [0.29, 0.717) is 26.9 Å². The van der Waals surface area contributed by atoms with Gasteiger partial charge in [0.2, 0.25) is 0 Å². The van der Waals surface area contributed by atoms with Gasteiger partial charge in [-0.3, -0.25) is 0 Å². The maximum absolute atomic E-state index is 5.99. The van der Waals surface area contributed by atoms with Crippen LogP contribution in [0.3, 0.4) is 0 Å². The minimum absolute atomic E-state index is 0.394. The van der Waals surface area contributed by atoms with Crippen LogP contribution in [0.5, 0.6) is 0 Å². The van der Waals surface area contributed by atoms with E-state index in [4.69, 9.17) is 40.2 Å². The van der Waals surface area contributed by atoms with Crippen LogP contribution in [0.25, 0.3) is 0 Å². The van der Waals surface area contributed by atoms with Crippen molar-refractivity contribution in [2.24, 2.45) is 4.99 Å². The van der Waals surface area contributed by atoms with E-state index >= 15 is 0 Å². The van der Waals surface area contributed by atoms with Crippen LogP contribution in [0.2, 0.25) is 10.0 Å². The third-order valence-electron chi connectivity index (χ3n) is 2.71. The van der Waals surface area contributed by atoms with Crippen molar-refractivity contribution in [1.82, 2.24) is 9.80 Å². The number of amidine groups is 1. The van der Waals surface area contributed by atoms with Crippen LogP contribution < -0.4 is 0 Å². The lowest BCUT2D eigenvalue weighted by atomic mass is 10.3. The third kappa shape index (κ3) is 5.34. The van der Waals surface area contributed by atoms with Gasteiger partial charge < -0.3 is 14.5 Å². The summed E-state index contributed by atoms with van der Waals surface area (Å²) in [6, 6.07) is 5.53. The molecule has 1 aromatic carbocycles. The maximum atomic E-state index is 5.99. The molecule has 0 bridgehead atoms. The highest BCUT2D eigenvalue weighted by molar-refractivity contribution is 7.80. The van der Waals surface area contributed by atoms with Gasteiger partial charge in [-0.2, -0.15) is 4.99 Å². The first-order chi connectivity index (χ1) is 9.88. The van der Waals surface area contributed by atoms with Crippen LogP contribution in [-0.4, -0.2) is 48.2 Å². The molecule has 116 valence electrons. The van der Waals surface area contributed by atoms with E-state index in [1.807, 2.05) is 32.8 Å². The van der Waals surface area contributed by atoms with Gasteiger partial charge in [0.1, 0.15) is 0 Å². The summed E-state index contributed by atoms with van der Waals surface area (Å²) in [5.41, 5.74) is 0.649. The van der Waals surface area contributed by atoms with Gasteiger partial charge in [-0.1, -0.05) is 23.2 Å². The van der Waals surface area contributed by atoms with Gasteiger partial charge >= 0.3 is 0 Å². The largest absolute Gasteiger partial charge is 0.398 e. The smallest absolute Gasteiger partial charge is 0.299 e. The number of halogens is 2. The summed E-state index contributed by atoms with van der Waals surface area (Å²) in [6.07, 6.45) is 0. The average molecular weight is 348 g/mol. The molecule has 0 aliphatic carbocycles. The Bertz CT molecular complexity index is 531. The summed E-state index contributed by atoms with van der Waals surface area (Å²) in [7, 11) is 3.67. The number of ether oxygens (including phenoxy) is 1. The summed E-state index contributed by atoms with van der Waals surface area (Å²) in [5.74, 6) is 0. The zero-order valence-corrected chi connectivity index (χ0v) is 14.9. The Kier molecular flexibility index (Phi) is 7.22. The van der Waals surface area contributed by atoms with E-state index in [0.717, 1.165) is 13.1 Å². The monoisotopic (exact) mass is 347 g/mol. The highest BCUT2D eigenvalue weighted by Crippen LogP contribution is 2.26. The highest BCUT2D eigenvalue weighted by atomic mass is 35.5. The first kappa shape index (κ1) is 18.0. The number of benzene rings is 1. The molecule has 0 aliphatic heterocycles. The number of hydrogen-bond acceptors (Lipinski definition) is 3. The number of rotatable bonds is 3. The molecular formula is C14H19Cl2N3OS. The molecule has 1 rings (SSSR count). The van der Waals surface area contributed by atoms with Crippen LogP contribution in [0, 0.1) is 0 Å². The standard InChI is InChI=1S/C14H19Cl2N3OS/c1-5-19(6-2)14(21)20-13(18(3)4)17-10-7-8-11(15)12(16)9-10/h7-9H,5-6H2,1-4H3. The zero-order valence-electron chi connectivity index (χ0n) is 12.6. The zero-order chi connectivity index (χ0) is 16.0. The van der Waals surface area contributed by atoms with Gasteiger partial charge in [-0.05, 0) is 44.3 Å². The lowest BCUT2D eigenvalue weighted by molar-refractivity contribution is 0.340. The number of aliphatic imine (C=N–C) groups is 1. The Labute approximate surface area is 141 Å². The van der Waals surface area contributed by atoms with Crippen molar-refractivity contribution >= 4 is 52.3 Å². The Balaban J connectivity index is 2.98. The van der Waals surface area contributed by atoms with Gasteiger partial charge in [0.25, 0.3) is 11.2 Å². The Morgan fingerprint density at radius 2 is 1.81 bits per heavy atom. The van der Waals surface area contributed by atoms with E-state index in [2.05, 4.69) is 4.99 Å². The molecule has 0 aliphatic rings. The van der Waals surface area contributed by atoms with Crippen molar-refractivity contribution in [2.45, 2.75) is 13.8 Å². The molecule has 0 heterocycles. The third-order valence-corrected chi connectivity index (χ3v) is 3.79. The van der Waals surface area contributed by atoms with Gasteiger partial charge in [0, 0.05) is 27.2 Å². The molecular weight excluding hydrogens is 329 g/mol. The molecule has 0 radical (unpaired) electrons. The van der Waals surface area contributed by atoms with Crippen LogP contribution in [0.4, 0.5) is 5.69 Å². The lowest BCUT2D eigenvalue weighted by Gasteiger charge is -2.23. The molecule has 0 amide bonds. The molecule has 0 N–H and O–H groups in total. The summed E-state index contributed by atoms with van der Waals surface area (Å²) >= 11 is 17.2. The maximum Gasteiger partial charge on any atom is 0.299 e. The van der Waals surface area contributed by atoms with Gasteiger partial charge in [0.05, 0.1) is 15.7 Å². The normalized spacial score (nSPS) is 11.2. The second kappa shape index (κ2) is 8.41. The number of thiocarbonyl (C=S) groups is 1. The molecule has 0 saturated carbocycles. The first-order valence-corrected chi connectivity index (χ1v) is 7.73.